The minimum Gasteiger partial charge on any atom is -0.480 e. The standard InChI is InChI=1S/C20H19NO4S/c1-13(12-26-20(25)14-7-3-2-4-8-14)18(22)21-16-10-6-5-9-15(16)11-17(21)19(23)24/h2-10,13,17H,11-12H2,1H3,(H,23,24)/t13-,17-/m0/s1. The van der Waals surface area contributed by atoms with Crippen molar-refractivity contribution in [1.82, 2.24) is 0 Å². The van der Waals surface area contributed by atoms with Crippen LogP contribution in [0.15, 0.2) is 54.6 Å². The van der Waals surface area contributed by atoms with Crippen LogP contribution in [0.2, 0.25) is 0 Å². The molecule has 6 heteroatoms. The maximum atomic E-state index is 12.9. The summed E-state index contributed by atoms with van der Waals surface area (Å²) in [6.45, 7) is 1.73. The summed E-state index contributed by atoms with van der Waals surface area (Å²) in [6, 6.07) is 15.2. The van der Waals surface area contributed by atoms with Gasteiger partial charge in [0.05, 0.1) is 0 Å². The van der Waals surface area contributed by atoms with Gasteiger partial charge in [-0.3, -0.25) is 14.5 Å². The van der Waals surface area contributed by atoms with Crippen molar-refractivity contribution in [2.45, 2.75) is 19.4 Å². The molecule has 1 amide bonds. The fourth-order valence-electron chi connectivity index (χ4n) is 3.02. The van der Waals surface area contributed by atoms with Gasteiger partial charge in [0.25, 0.3) is 0 Å². The lowest BCUT2D eigenvalue weighted by Crippen LogP contribution is -2.45. The summed E-state index contributed by atoms with van der Waals surface area (Å²) < 4.78 is 0. The number of amides is 1. The van der Waals surface area contributed by atoms with E-state index >= 15 is 0 Å². The highest BCUT2D eigenvalue weighted by Gasteiger charge is 2.39. The summed E-state index contributed by atoms with van der Waals surface area (Å²) in [6.07, 6.45) is 0.306. The molecule has 2 aromatic carbocycles. The molecular weight excluding hydrogens is 350 g/mol. The molecule has 0 aliphatic carbocycles. The topological polar surface area (TPSA) is 74.7 Å². The van der Waals surface area contributed by atoms with Crippen LogP contribution in [-0.4, -0.2) is 33.9 Å². The Morgan fingerprint density at radius 1 is 1.12 bits per heavy atom. The van der Waals surface area contributed by atoms with Gasteiger partial charge in [0, 0.05) is 29.3 Å². The first-order valence-corrected chi connectivity index (χ1v) is 9.33. The maximum absolute atomic E-state index is 12.9. The van der Waals surface area contributed by atoms with E-state index in [1.54, 1.807) is 43.3 Å². The maximum Gasteiger partial charge on any atom is 0.327 e. The van der Waals surface area contributed by atoms with E-state index in [1.807, 2.05) is 18.2 Å². The Morgan fingerprint density at radius 2 is 1.77 bits per heavy atom. The molecule has 5 nitrogen and oxygen atoms in total. The number of carboxylic acid groups (broad SMARTS) is 1. The van der Waals surface area contributed by atoms with Crippen LogP contribution < -0.4 is 4.90 Å². The fourth-order valence-corrected chi connectivity index (χ4v) is 3.87. The number of carboxylic acids is 1. The summed E-state index contributed by atoms with van der Waals surface area (Å²) in [4.78, 5) is 38.1. The van der Waals surface area contributed by atoms with Crippen LogP contribution in [0, 0.1) is 5.92 Å². The predicted molar refractivity (Wildman–Crippen MR) is 101 cm³/mol. The third-order valence-corrected chi connectivity index (χ3v) is 5.56. The zero-order valence-electron chi connectivity index (χ0n) is 14.3. The normalized spacial score (nSPS) is 16.8. The van der Waals surface area contributed by atoms with Gasteiger partial charge in [0.1, 0.15) is 6.04 Å². The van der Waals surface area contributed by atoms with Crippen LogP contribution in [0.1, 0.15) is 22.8 Å². The van der Waals surface area contributed by atoms with Crippen molar-refractivity contribution in [1.29, 1.82) is 0 Å². The average Bonchev–Trinajstić information content (AvgIpc) is 3.05. The zero-order chi connectivity index (χ0) is 18.7. The molecule has 0 fully saturated rings. The first-order valence-electron chi connectivity index (χ1n) is 8.35. The van der Waals surface area contributed by atoms with Gasteiger partial charge in [-0.1, -0.05) is 67.2 Å². The number of hydrogen-bond donors (Lipinski definition) is 1. The number of thioether (sulfide) groups is 1. The Morgan fingerprint density at radius 3 is 2.46 bits per heavy atom. The number of aliphatic carboxylic acids is 1. The number of carbonyl (C=O) groups is 3. The van der Waals surface area contributed by atoms with Crippen molar-refractivity contribution in [2.24, 2.45) is 5.92 Å². The average molecular weight is 369 g/mol. The molecular formula is C20H19NO4S. The molecule has 3 rings (SSSR count). The molecule has 1 aliphatic rings. The second-order valence-electron chi connectivity index (χ2n) is 6.26. The second-order valence-corrected chi connectivity index (χ2v) is 7.25. The quantitative estimate of drug-likeness (QED) is 0.876. The summed E-state index contributed by atoms with van der Waals surface area (Å²) in [7, 11) is 0. The molecule has 1 N–H and O–H groups in total. The minimum atomic E-state index is -1.02. The summed E-state index contributed by atoms with van der Waals surface area (Å²) in [5, 5.41) is 9.40. The van der Waals surface area contributed by atoms with Gasteiger partial charge in [-0.15, -0.1) is 0 Å². The highest BCUT2D eigenvalue weighted by Crippen LogP contribution is 2.33. The zero-order valence-corrected chi connectivity index (χ0v) is 15.1. The molecule has 0 bridgehead atoms. The van der Waals surface area contributed by atoms with Crippen LogP contribution in [0.4, 0.5) is 5.69 Å². The Bertz CT molecular complexity index is 837. The molecule has 0 saturated heterocycles. The lowest BCUT2D eigenvalue weighted by Gasteiger charge is -2.25. The van der Waals surface area contributed by atoms with Gasteiger partial charge in [-0.25, -0.2) is 4.79 Å². The largest absolute Gasteiger partial charge is 0.480 e. The lowest BCUT2D eigenvalue weighted by atomic mass is 10.1. The second kappa shape index (κ2) is 7.74. The number of fused-ring (bicyclic) bond motifs is 1. The van der Waals surface area contributed by atoms with Crippen LogP contribution in [0.25, 0.3) is 0 Å². The number of benzene rings is 2. The molecule has 2 aromatic rings. The first kappa shape index (κ1) is 18.2. The number of nitrogens with zero attached hydrogens (tertiary/aromatic N) is 1. The predicted octanol–water partition coefficient (Wildman–Crippen LogP) is 3.24. The molecule has 0 aromatic heterocycles. The Kier molecular flexibility index (Phi) is 5.42. The van der Waals surface area contributed by atoms with Gasteiger partial charge in [0.2, 0.25) is 11.0 Å². The number of rotatable bonds is 5. The van der Waals surface area contributed by atoms with E-state index in [1.165, 1.54) is 4.90 Å². The number of anilines is 1. The van der Waals surface area contributed by atoms with Crippen molar-refractivity contribution in [3.05, 3.63) is 65.7 Å². The van der Waals surface area contributed by atoms with E-state index in [0.29, 0.717) is 23.4 Å². The molecule has 1 heterocycles. The highest BCUT2D eigenvalue weighted by atomic mass is 32.2. The Balaban J connectivity index is 1.71. The van der Waals surface area contributed by atoms with Crippen LogP contribution in [-0.2, 0) is 16.0 Å². The van der Waals surface area contributed by atoms with Crippen molar-refractivity contribution < 1.29 is 19.5 Å². The third kappa shape index (κ3) is 3.65. The highest BCUT2D eigenvalue weighted by molar-refractivity contribution is 8.14. The molecule has 0 spiro atoms. The molecule has 26 heavy (non-hydrogen) atoms. The third-order valence-electron chi connectivity index (χ3n) is 4.39. The summed E-state index contributed by atoms with van der Waals surface area (Å²) in [5.74, 6) is -1.46. The molecule has 0 unspecified atom stereocenters. The monoisotopic (exact) mass is 369 g/mol. The van der Waals surface area contributed by atoms with Crippen molar-refractivity contribution >= 4 is 34.4 Å². The smallest absolute Gasteiger partial charge is 0.327 e. The molecule has 0 radical (unpaired) electrons. The van der Waals surface area contributed by atoms with Gasteiger partial charge < -0.3 is 5.11 Å². The number of hydrogen-bond acceptors (Lipinski definition) is 4. The van der Waals surface area contributed by atoms with E-state index in [9.17, 15) is 19.5 Å². The van der Waals surface area contributed by atoms with E-state index in [0.717, 1.165) is 17.3 Å². The Labute approximate surface area is 156 Å². The SMILES string of the molecule is C[C@@H](CSC(=O)c1ccccc1)C(=O)N1c2ccccc2C[C@H]1C(=O)O. The van der Waals surface area contributed by atoms with Crippen molar-refractivity contribution in [3.63, 3.8) is 0 Å². The van der Waals surface area contributed by atoms with E-state index in [4.69, 9.17) is 0 Å². The van der Waals surface area contributed by atoms with E-state index in [2.05, 4.69) is 0 Å². The molecule has 1 aliphatic heterocycles. The molecule has 0 saturated carbocycles. The van der Waals surface area contributed by atoms with Gasteiger partial charge in [-0.05, 0) is 11.6 Å². The summed E-state index contributed by atoms with van der Waals surface area (Å²) >= 11 is 1.08. The van der Waals surface area contributed by atoms with Gasteiger partial charge in [0.15, 0.2) is 0 Å². The van der Waals surface area contributed by atoms with Crippen LogP contribution in [0.3, 0.4) is 0 Å². The Hall–Kier alpha value is -2.60. The van der Waals surface area contributed by atoms with Crippen molar-refractivity contribution in [3.8, 4) is 0 Å². The van der Waals surface area contributed by atoms with E-state index in [-0.39, 0.29) is 11.0 Å². The van der Waals surface area contributed by atoms with Crippen LogP contribution >= 0.6 is 11.8 Å². The van der Waals surface area contributed by atoms with Gasteiger partial charge in [-0.2, -0.15) is 0 Å². The first-order chi connectivity index (χ1) is 12.5. The summed E-state index contributed by atoms with van der Waals surface area (Å²) in [5.41, 5.74) is 2.09. The van der Waals surface area contributed by atoms with Gasteiger partial charge >= 0.3 is 5.97 Å². The fraction of sp³-hybridized carbons (Fsp3) is 0.250. The minimum absolute atomic E-state index is 0.0955. The molecule has 2 atom stereocenters. The van der Waals surface area contributed by atoms with E-state index < -0.39 is 17.9 Å². The number of carbonyl (C=O) groups excluding carboxylic acids is 2. The number of para-hydroxylation sites is 1. The molecule has 134 valence electrons. The van der Waals surface area contributed by atoms with Crippen LogP contribution in [0.5, 0.6) is 0 Å². The van der Waals surface area contributed by atoms with Crippen molar-refractivity contribution in [2.75, 3.05) is 10.7 Å². The lowest BCUT2D eigenvalue weighted by molar-refractivity contribution is -0.140.